The van der Waals surface area contributed by atoms with E-state index in [1.165, 1.54) is 12.1 Å². The third-order valence-corrected chi connectivity index (χ3v) is 3.89. The zero-order valence-electron chi connectivity index (χ0n) is 11.3. The molecule has 1 aliphatic rings. The third kappa shape index (κ3) is 3.11. The Kier molecular flexibility index (Phi) is 3.99. The molecule has 7 nitrogen and oxygen atoms in total. The molecule has 0 heterocycles. The number of nitrogens with zero attached hydrogens (tertiary/aromatic N) is 2. The van der Waals surface area contributed by atoms with Gasteiger partial charge < -0.3 is 5.32 Å². The van der Waals surface area contributed by atoms with Crippen LogP contribution in [0.5, 0.6) is 0 Å². The van der Waals surface area contributed by atoms with Crippen molar-refractivity contribution in [3.63, 3.8) is 0 Å². The van der Waals surface area contributed by atoms with Gasteiger partial charge in [-0.1, -0.05) is 12.8 Å². The number of nitrogens with one attached hydrogen (secondary N) is 1. The van der Waals surface area contributed by atoms with Gasteiger partial charge in [0.1, 0.15) is 0 Å². The molecule has 108 valence electrons. The molecule has 20 heavy (non-hydrogen) atoms. The fraction of sp³-hybridized carbons (Fsp3) is 0.538. The molecule has 0 saturated heterocycles. The van der Waals surface area contributed by atoms with E-state index in [1.807, 2.05) is 0 Å². The molecule has 1 fully saturated rings. The normalized spacial score (nSPS) is 17.1. The first-order valence-corrected chi connectivity index (χ1v) is 6.58. The molecule has 0 atom stereocenters. The summed E-state index contributed by atoms with van der Waals surface area (Å²) in [6.45, 7) is 2.46. The van der Waals surface area contributed by atoms with Crippen LogP contribution in [0.25, 0.3) is 0 Å². The highest BCUT2D eigenvalue weighted by molar-refractivity contribution is 5.49. The second kappa shape index (κ2) is 5.54. The molecular formula is C13H17N3O4. The van der Waals surface area contributed by atoms with Gasteiger partial charge in [-0.3, -0.25) is 20.2 Å². The molecule has 1 saturated carbocycles. The monoisotopic (exact) mass is 279 g/mol. The second-order valence-corrected chi connectivity index (χ2v) is 5.45. The van der Waals surface area contributed by atoms with Crippen LogP contribution in [0.4, 0.5) is 11.4 Å². The number of rotatable bonds is 5. The Morgan fingerprint density at radius 3 is 2.40 bits per heavy atom. The molecular weight excluding hydrogens is 262 g/mol. The Hall–Kier alpha value is -2.02. The Bertz CT molecular complexity index is 538. The van der Waals surface area contributed by atoms with Crippen LogP contribution in [-0.4, -0.2) is 15.4 Å². The number of hydrogen-bond acceptors (Lipinski definition) is 5. The van der Waals surface area contributed by atoms with Gasteiger partial charge in [0.25, 0.3) is 11.4 Å². The number of non-ortho nitro benzene ring substituents is 1. The minimum atomic E-state index is -0.623. The second-order valence-electron chi connectivity index (χ2n) is 5.45. The van der Waals surface area contributed by atoms with Crippen molar-refractivity contribution in [2.75, 3.05) is 0 Å². The first-order valence-electron chi connectivity index (χ1n) is 6.58. The molecule has 0 bridgehead atoms. The average Bonchev–Trinajstić information content (AvgIpc) is 2.83. The Morgan fingerprint density at radius 2 is 1.85 bits per heavy atom. The molecule has 0 spiro atoms. The summed E-state index contributed by atoms with van der Waals surface area (Å²) < 4.78 is 0. The summed E-state index contributed by atoms with van der Waals surface area (Å²) in [5.74, 6) is 0. The van der Waals surface area contributed by atoms with Gasteiger partial charge in [-0.2, -0.15) is 0 Å². The lowest BCUT2D eigenvalue weighted by Gasteiger charge is -2.25. The summed E-state index contributed by atoms with van der Waals surface area (Å²) >= 11 is 0. The maximum Gasteiger partial charge on any atom is 0.280 e. The van der Waals surface area contributed by atoms with Crippen LogP contribution in [-0.2, 0) is 6.54 Å². The van der Waals surface area contributed by atoms with Crippen molar-refractivity contribution >= 4 is 11.4 Å². The quantitative estimate of drug-likeness (QED) is 0.660. The fourth-order valence-electron chi connectivity index (χ4n) is 2.63. The highest BCUT2D eigenvalue weighted by Crippen LogP contribution is 2.30. The maximum atomic E-state index is 11.0. The molecule has 0 radical (unpaired) electrons. The molecule has 1 aromatic rings. The van der Waals surface area contributed by atoms with Crippen LogP contribution in [0.3, 0.4) is 0 Å². The minimum Gasteiger partial charge on any atom is -0.307 e. The molecule has 0 aromatic heterocycles. The zero-order valence-corrected chi connectivity index (χ0v) is 11.3. The first-order chi connectivity index (χ1) is 9.41. The van der Waals surface area contributed by atoms with Gasteiger partial charge in [0.2, 0.25) is 0 Å². The summed E-state index contributed by atoms with van der Waals surface area (Å²) in [7, 11) is 0. The summed E-state index contributed by atoms with van der Waals surface area (Å²) in [6.07, 6.45) is 4.42. The van der Waals surface area contributed by atoms with E-state index >= 15 is 0 Å². The summed E-state index contributed by atoms with van der Waals surface area (Å²) in [4.78, 5) is 20.5. The van der Waals surface area contributed by atoms with Crippen molar-refractivity contribution in [1.82, 2.24) is 5.32 Å². The van der Waals surface area contributed by atoms with Crippen molar-refractivity contribution in [3.8, 4) is 0 Å². The standard InChI is InChI=1S/C13H17N3O4/c1-13(6-2-3-7-13)14-9-10-4-5-11(15(17)18)8-12(10)16(19)20/h4-5,8,14H,2-3,6-7,9H2,1H3. The van der Waals surface area contributed by atoms with Crippen molar-refractivity contribution in [3.05, 3.63) is 44.0 Å². The van der Waals surface area contributed by atoms with Crippen LogP contribution in [0.2, 0.25) is 0 Å². The van der Waals surface area contributed by atoms with Crippen LogP contribution >= 0.6 is 0 Å². The van der Waals surface area contributed by atoms with Crippen LogP contribution < -0.4 is 5.32 Å². The van der Waals surface area contributed by atoms with E-state index in [9.17, 15) is 20.2 Å². The smallest absolute Gasteiger partial charge is 0.280 e. The molecule has 1 aromatic carbocycles. The van der Waals surface area contributed by atoms with Gasteiger partial charge >= 0.3 is 0 Å². The zero-order chi connectivity index (χ0) is 14.8. The van der Waals surface area contributed by atoms with Crippen molar-refractivity contribution in [1.29, 1.82) is 0 Å². The van der Waals surface area contributed by atoms with E-state index in [2.05, 4.69) is 12.2 Å². The Labute approximate surface area is 116 Å². The summed E-state index contributed by atoms with van der Waals surface area (Å²) in [5, 5.41) is 25.0. The lowest BCUT2D eigenvalue weighted by Crippen LogP contribution is -2.38. The van der Waals surface area contributed by atoms with Crippen LogP contribution in [0.1, 0.15) is 38.2 Å². The molecule has 0 unspecified atom stereocenters. The molecule has 7 heteroatoms. The van der Waals surface area contributed by atoms with E-state index in [0.29, 0.717) is 12.1 Å². The maximum absolute atomic E-state index is 11.0. The fourth-order valence-corrected chi connectivity index (χ4v) is 2.63. The van der Waals surface area contributed by atoms with E-state index < -0.39 is 9.85 Å². The highest BCUT2D eigenvalue weighted by Gasteiger charge is 2.29. The van der Waals surface area contributed by atoms with Gasteiger partial charge in [-0.25, -0.2) is 0 Å². The summed E-state index contributed by atoms with van der Waals surface area (Å²) in [5.41, 5.74) is 0.0323. The van der Waals surface area contributed by atoms with Gasteiger partial charge in [-0.15, -0.1) is 0 Å². The molecule has 0 aliphatic heterocycles. The number of hydrogen-bond donors (Lipinski definition) is 1. The van der Waals surface area contributed by atoms with E-state index in [4.69, 9.17) is 0 Å². The van der Waals surface area contributed by atoms with Crippen LogP contribution in [0, 0.1) is 20.2 Å². The van der Waals surface area contributed by atoms with E-state index in [-0.39, 0.29) is 16.9 Å². The number of nitro groups is 2. The number of benzene rings is 1. The predicted octanol–water partition coefficient (Wildman–Crippen LogP) is 2.93. The van der Waals surface area contributed by atoms with Crippen LogP contribution in [0.15, 0.2) is 18.2 Å². The molecule has 0 amide bonds. The first kappa shape index (κ1) is 14.4. The predicted molar refractivity (Wildman–Crippen MR) is 73.5 cm³/mol. The lowest BCUT2D eigenvalue weighted by molar-refractivity contribution is -0.394. The third-order valence-electron chi connectivity index (χ3n) is 3.89. The highest BCUT2D eigenvalue weighted by atomic mass is 16.6. The van der Waals surface area contributed by atoms with Crippen molar-refractivity contribution < 1.29 is 9.85 Å². The van der Waals surface area contributed by atoms with Gasteiger partial charge in [0.05, 0.1) is 15.9 Å². The minimum absolute atomic E-state index is 0.00957. The summed E-state index contributed by atoms with van der Waals surface area (Å²) in [6, 6.07) is 3.79. The Morgan fingerprint density at radius 1 is 1.20 bits per heavy atom. The molecule has 1 aliphatic carbocycles. The van der Waals surface area contributed by atoms with Gasteiger partial charge in [0, 0.05) is 23.7 Å². The van der Waals surface area contributed by atoms with Gasteiger partial charge in [-0.05, 0) is 25.8 Å². The number of nitro benzene ring substituents is 2. The Balaban J connectivity index is 2.18. The molecule has 1 N–H and O–H groups in total. The van der Waals surface area contributed by atoms with E-state index in [0.717, 1.165) is 31.7 Å². The van der Waals surface area contributed by atoms with Gasteiger partial charge in [0.15, 0.2) is 0 Å². The molecule has 2 rings (SSSR count). The lowest BCUT2D eigenvalue weighted by atomic mass is 10.00. The van der Waals surface area contributed by atoms with E-state index in [1.54, 1.807) is 0 Å². The van der Waals surface area contributed by atoms with Crippen molar-refractivity contribution in [2.45, 2.75) is 44.7 Å². The average molecular weight is 279 g/mol. The topological polar surface area (TPSA) is 98.3 Å². The SMILES string of the molecule is CC1(NCc2ccc([N+](=O)[O-])cc2[N+](=O)[O-])CCCC1. The van der Waals surface area contributed by atoms with Crippen molar-refractivity contribution in [2.24, 2.45) is 0 Å². The largest absolute Gasteiger partial charge is 0.307 e.